The van der Waals surface area contributed by atoms with E-state index >= 15 is 0 Å². The van der Waals surface area contributed by atoms with Gasteiger partial charge in [-0.1, -0.05) is 26.8 Å². The van der Waals surface area contributed by atoms with E-state index in [0.29, 0.717) is 0 Å². The number of aryl methyl sites for hydroxylation is 1. The second-order valence-corrected chi connectivity index (χ2v) is 4.07. The molecule has 0 unspecified atom stereocenters. The standard InChI is InChI=1S/C10H9.2C3H6O.Zr/c1-8-6-9-4-2-3-5-10(9)7-8;2*1-3(2)4;/h2-7H,1H3;2*4H,1H2,2H3;/q-1;;;+3/p-2. The van der Waals surface area contributed by atoms with Gasteiger partial charge in [0.1, 0.15) is 0 Å². The van der Waals surface area contributed by atoms with Gasteiger partial charge in [0.05, 0.1) is 0 Å². The fourth-order valence-corrected chi connectivity index (χ4v) is 1.31. The van der Waals surface area contributed by atoms with Crippen molar-refractivity contribution in [1.82, 2.24) is 0 Å². The van der Waals surface area contributed by atoms with Gasteiger partial charge >= 0.3 is 26.2 Å². The van der Waals surface area contributed by atoms with Crippen LogP contribution in [0.4, 0.5) is 0 Å². The van der Waals surface area contributed by atoms with Crippen LogP contribution in [0.2, 0.25) is 0 Å². The van der Waals surface area contributed by atoms with Crippen molar-refractivity contribution in [2.24, 2.45) is 0 Å². The fraction of sp³-hybridized carbons (Fsp3) is 0.188. The van der Waals surface area contributed by atoms with Gasteiger partial charge < -0.3 is 10.2 Å². The van der Waals surface area contributed by atoms with E-state index in [4.69, 9.17) is 0 Å². The van der Waals surface area contributed by atoms with Gasteiger partial charge in [-0.25, -0.2) is 0 Å². The van der Waals surface area contributed by atoms with Crippen LogP contribution in [-0.2, 0) is 26.2 Å². The molecule has 99 valence electrons. The van der Waals surface area contributed by atoms with Crippen LogP contribution < -0.4 is 10.2 Å². The van der Waals surface area contributed by atoms with Gasteiger partial charge in [0, 0.05) is 0 Å². The second kappa shape index (κ2) is 10.7. The molecule has 0 amide bonds. The topological polar surface area (TPSA) is 46.1 Å². The quantitative estimate of drug-likeness (QED) is 0.549. The number of fused-ring (bicyclic) bond motifs is 1. The van der Waals surface area contributed by atoms with Gasteiger partial charge in [-0.15, -0.1) is 65.3 Å². The summed E-state index contributed by atoms with van der Waals surface area (Å²) in [5, 5.41) is 21.4. The molecule has 0 aliphatic rings. The molecule has 2 aromatic carbocycles. The third-order valence-electron chi connectivity index (χ3n) is 1.76. The van der Waals surface area contributed by atoms with Crippen molar-refractivity contribution in [1.29, 1.82) is 0 Å². The summed E-state index contributed by atoms with van der Waals surface area (Å²) in [5.41, 5.74) is 1.35. The number of rotatable bonds is 0. The summed E-state index contributed by atoms with van der Waals surface area (Å²) in [6.45, 7) is 11.0. The molecule has 0 aliphatic carbocycles. The molecule has 0 heterocycles. The summed E-state index contributed by atoms with van der Waals surface area (Å²) in [6.07, 6.45) is 0. The zero-order valence-corrected chi connectivity index (χ0v) is 14.2. The monoisotopic (exact) mass is 333 g/mol. The summed E-state index contributed by atoms with van der Waals surface area (Å²) in [4.78, 5) is 0. The average Bonchev–Trinajstić information content (AvgIpc) is 2.55. The molecule has 0 aliphatic heterocycles. The van der Waals surface area contributed by atoms with Crippen molar-refractivity contribution < 1.29 is 36.4 Å². The van der Waals surface area contributed by atoms with Crippen LogP contribution in [0.25, 0.3) is 10.8 Å². The maximum absolute atomic E-state index is 9.33. The molecule has 19 heavy (non-hydrogen) atoms. The summed E-state index contributed by atoms with van der Waals surface area (Å²) in [5.74, 6) is -0.167. The second-order valence-electron chi connectivity index (χ2n) is 4.07. The molecule has 2 nitrogen and oxygen atoms in total. The Kier molecular flexibility index (Phi) is 11.3. The summed E-state index contributed by atoms with van der Waals surface area (Å²) in [7, 11) is 0. The molecule has 0 saturated heterocycles. The molecule has 1 radical (unpaired) electrons. The van der Waals surface area contributed by atoms with Crippen molar-refractivity contribution in [2.75, 3.05) is 0 Å². The zero-order valence-electron chi connectivity index (χ0n) is 11.7. The van der Waals surface area contributed by atoms with Crippen LogP contribution in [0.1, 0.15) is 19.4 Å². The Bertz CT molecular complexity index is 459. The molecule has 0 spiro atoms. The van der Waals surface area contributed by atoms with Crippen LogP contribution in [0.5, 0.6) is 0 Å². The Balaban J connectivity index is 0. The van der Waals surface area contributed by atoms with Gasteiger partial charge in [0.2, 0.25) is 0 Å². The molecule has 2 aromatic rings. The number of benzene rings is 1. The molecule has 0 atom stereocenters. The van der Waals surface area contributed by atoms with Crippen LogP contribution >= 0.6 is 0 Å². The van der Waals surface area contributed by atoms with Crippen molar-refractivity contribution in [3.8, 4) is 0 Å². The molecule has 3 heteroatoms. The van der Waals surface area contributed by atoms with Crippen molar-refractivity contribution in [3.63, 3.8) is 0 Å². The fourth-order valence-electron chi connectivity index (χ4n) is 1.31. The van der Waals surface area contributed by atoms with Crippen LogP contribution in [0, 0.1) is 6.92 Å². The van der Waals surface area contributed by atoms with E-state index in [1.54, 1.807) is 0 Å². The molecule has 0 aromatic heterocycles. The first-order valence-corrected chi connectivity index (χ1v) is 5.60. The molecule has 0 saturated carbocycles. The van der Waals surface area contributed by atoms with Crippen molar-refractivity contribution in [3.05, 3.63) is 66.6 Å². The minimum atomic E-state index is -0.0833. The molecule has 0 fully saturated rings. The summed E-state index contributed by atoms with van der Waals surface area (Å²) in [6, 6.07) is 12.8. The first-order chi connectivity index (χ1) is 8.32. The Morgan fingerprint density at radius 2 is 1.47 bits per heavy atom. The van der Waals surface area contributed by atoms with Gasteiger partial charge in [-0.2, -0.15) is 6.07 Å². The summed E-state index contributed by atoms with van der Waals surface area (Å²) >= 11 is 0. The largest absolute Gasteiger partial charge is 3.00 e. The van der Waals surface area contributed by atoms with Gasteiger partial charge in [0.15, 0.2) is 0 Å². The van der Waals surface area contributed by atoms with E-state index in [0.717, 1.165) is 0 Å². The molecular formula is C16H19O2Zr. The van der Waals surface area contributed by atoms with E-state index < -0.39 is 0 Å². The SMILES string of the molecule is C=C(C)[O-].C=C(C)[O-].Cc1cc2ccccc2[cH-]1.[Zr+3]. The maximum atomic E-state index is 9.33. The van der Waals surface area contributed by atoms with E-state index in [9.17, 15) is 10.2 Å². The third-order valence-corrected chi connectivity index (χ3v) is 1.76. The Morgan fingerprint density at radius 1 is 1.05 bits per heavy atom. The number of allylic oxidation sites excluding steroid dienone is 2. The normalized spacial score (nSPS) is 8.16. The first kappa shape index (κ1) is 20.1. The van der Waals surface area contributed by atoms with Crippen molar-refractivity contribution in [2.45, 2.75) is 20.8 Å². The predicted molar refractivity (Wildman–Crippen MR) is 73.9 cm³/mol. The van der Waals surface area contributed by atoms with Gasteiger partial charge in [-0.05, 0) is 0 Å². The Hall–Kier alpha value is -1.21. The number of hydrogen-bond donors (Lipinski definition) is 0. The predicted octanol–water partition coefficient (Wildman–Crippen LogP) is 2.63. The molecule has 0 bridgehead atoms. The van der Waals surface area contributed by atoms with Crippen LogP contribution in [0.15, 0.2) is 61.1 Å². The molecule has 0 N–H and O–H groups in total. The van der Waals surface area contributed by atoms with Crippen LogP contribution in [-0.4, -0.2) is 0 Å². The smallest absolute Gasteiger partial charge is 0.876 e. The van der Waals surface area contributed by atoms with Gasteiger partial charge in [-0.3, -0.25) is 0 Å². The number of hydrogen-bond acceptors (Lipinski definition) is 2. The molecular weight excluding hydrogens is 315 g/mol. The van der Waals surface area contributed by atoms with Gasteiger partial charge in [0.25, 0.3) is 0 Å². The van der Waals surface area contributed by atoms with E-state index in [2.05, 4.69) is 56.5 Å². The zero-order chi connectivity index (χ0) is 14.1. The van der Waals surface area contributed by atoms with Crippen molar-refractivity contribution >= 4 is 10.8 Å². The van der Waals surface area contributed by atoms with Crippen LogP contribution in [0.3, 0.4) is 0 Å². The molecule has 2 rings (SSSR count). The third kappa shape index (κ3) is 11.6. The Morgan fingerprint density at radius 3 is 1.89 bits per heavy atom. The van der Waals surface area contributed by atoms with E-state index in [1.807, 2.05) is 0 Å². The minimum Gasteiger partial charge on any atom is -0.876 e. The van der Waals surface area contributed by atoms with E-state index in [1.165, 1.54) is 30.2 Å². The summed E-state index contributed by atoms with van der Waals surface area (Å²) < 4.78 is 0. The Labute approximate surface area is 134 Å². The maximum Gasteiger partial charge on any atom is 3.00 e. The minimum absolute atomic E-state index is 0. The van der Waals surface area contributed by atoms with E-state index in [-0.39, 0.29) is 37.7 Å². The average molecular weight is 335 g/mol. The first-order valence-electron chi connectivity index (χ1n) is 5.60.